The highest BCUT2D eigenvalue weighted by molar-refractivity contribution is 7.10. The van der Waals surface area contributed by atoms with E-state index in [0.717, 1.165) is 22.5 Å². The first-order valence-corrected chi connectivity index (χ1v) is 10.1. The van der Waals surface area contributed by atoms with Crippen molar-refractivity contribution in [2.45, 2.75) is 13.0 Å². The normalized spacial score (nSPS) is 13.4. The topological polar surface area (TPSA) is 49.4 Å². The number of nitrogens with one attached hydrogen (secondary N) is 1. The van der Waals surface area contributed by atoms with Gasteiger partial charge < -0.3 is 10.2 Å². The predicted octanol–water partition coefficient (Wildman–Crippen LogP) is 4.60. The summed E-state index contributed by atoms with van der Waals surface area (Å²) in [4.78, 5) is 27.8. The molecule has 0 saturated carbocycles. The van der Waals surface area contributed by atoms with Crippen molar-refractivity contribution in [3.63, 3.8) is 0 Å². The van der Waals surface area contributed by atoms with E-state index in [-0.39, 0.29) is 11.8 Å². The Bertz CT molecular complexity index is 1010. The molecule has 0 fully saturated rings. The van der Waals surface area contributed by atoms with Crippen LogP contribution in [0.15, 0.2) is 72.1 Å². The van der Waals surface area contributed by atoms with E-state index in [2.05, 4.69) is 5.32 Å². The van der Waals surface area contributed by atoms with Gasteiger partial charge in [-0.1, -0.05) is 30.3 Å². The number of rotatable bonds is 4. The first-order chi connectivity index (χ1) is 13.7. The molecule has 2 amide bonds. The Morgan fingerprint density at radius 2 is 1.86 bits per heavy atom. The van der Waals surface area contributed by atoms with E-state index in [9.17, 15) is 9.59 Å². The van der Waals surface area contributed by atoms with Crippen molar-refractivity contribution in [2.75, 3.05) is 11.9 Å². The van der Waals surface area contributed by atoms with Crippen molar-refractivity contribution in [1.29, 1.82) is 0 Å². The van der Waals surface area contributed by atoms with E-state index in [1.165, 1.54) is 11.6 Å². The second kappa shape index (κ2) is 8.23. The zero-order chi connectivity index (χ0) is 19.3. The summed E-state index contributed by atoms with van der Waals surface area (Å²) in [7, 11) is 0. The Balaban J connectivity index is 1.45. The second-order valence-corrected chi connectivity index (χ2v) is 7.64. The minimum Gasteiger partial charge on any atom is -0.334 e. The summed E-state index contributed by atoms with van der Waals surface area (Å²) in [6.45, 7) is 1.26. The minimum absolute atomic E-state index is 0.0413. The molecule has 4 nitrogen and oxygen atoms in total. The Morgan fingerprint density at radius 3 is 2.64 bits per heavy atom. The van der Waals surface area contributed by atoms with Gasteiger partial charge in [0.1, 0.15) is 0 Å². The molecule has 3 aromatic rings. The number of carbonyl (C=O) groups excluding carboxylic acids is 2. The molecule has 0 bridgehead atoms. The summed E-state index contributed by atoms with van der Waals surface area (Å²) in [6, 6.07) is 19.2. The van der Waals surface area contributed by atoms with Gasteiger partial charge in [0, 0.05) is 35.3 Å². The standard InChI is InChI=1S/C23H20N2O2S/c26-22(11-10-21-7-4-14-28-21)24-20-9-8-17-12-13-25(16-19(17)15-20)23(27)18-5-2-1-3-6-18/h1-11,14-15H,12-13,16H2,(H,24,26)/b11-10+. The number of fused-ring (bicyclic) bond motifs is 1. The zero-order valence-electron chi connectivity index (χ0n) is 15.3. The summed E-state index contributed by atoms with van der Waals surface area (Å²) < 4.78 is 0. The highest BCUT2D eigenvalue weighted by atomic mass is 32.1. The van der Waals surface area contributed by atoms with Gasteiger partial charge in [-0.2, -0.15) is 0 Å². The van der Waals surface area contributed by atoms with Crippen LogP contribution in [-0.4, -0.2) is 23.3 Å². The fourth-order valence-corrected chi connectivity index (χ4v) is 3.92. The van der Waals surface area contributed by atoms with E-state index < -0.39 is 0 Å². The molecule has 1 aliphatic rings. The maximum atomic E-state index is 12.7. The molecule has 2 heterocycles. The number of anilines is 1. The van der Waals surface area contributed by atoms with Crippen molar-refractivity contribution in [3.05, 3.63) is 93.7 Å². The number of thiophene rings is 1. The smallest absolute Gasteiger partial charge is 0.254 e. The van der Waals surface area contributed by atoms with Crippen molar-refractivity contribution in [2.24, 2.45) is 0 Å². The Morgan fingerprint density at radius 1 is 1.00 bits per heavy atom. The fourth-order valence-electron chi connectivity index (χ4n) is 3.30. The van der Waals surface area contributed by atoms with E-state index >= 15 is 0 Å². The number of nitrogens with zero attached hydrogens (tertiary/aromatic N) is 1. The minimum atomic E-state index is -0.165. The quantitative estimate of drug-likeness (QED) is 0.664. The number of hydrogen-bond donors (Lipinski definition) is 1. The lowest BCUT2D eigenvalue weighted by Crippen LogP contribution is -2.36. The maximum absolute atomic E-state index is 12.7. The molecule has 1 aliphatic heterocycles. The lowest BCUT2D eigenvalue weighted by atomic mass is 9.98. The third-order valence-corrected chi connectivity index (χ3v) is 5.57. The molecule has 4 rings (SSSR count). The lowest BCUT2D eigenvalue weighted by molar-refractivity contribution is -0.111. The second-order valence-electron chi connectivity index (χ2n) is 6.66. The molecule has 0 atom stereocenters. The Labute approximate surface area is 168 Å². The summed E-state index contributed by atoms with van der Waals surface area (Å²) in [5.41, 5.74) is 3.75. The van der Waals surface area contributed by atoms with Crippen molar-refractivity contribution in [1.82, 2.24) is 4.90 Å². The van der Waals surface area contributed by atoms with Crippen LogP contribution in [0.2, 0.25) is 0 Å². The Hall–Kier alpha value is -3.18. The van der Waals surface area contributed by atoms with Gasteiger partial charge in [-0.3, -0.25) is 9.59 Å². The third-order valence-electron chi connectivity index (χ3n) is 4.74. The highest BCUT2D eigenvalue weighted by Crippen LogP contribution is 2.24. The van der Waals surface area contributed by atoms with E-state index in [0.29, 0.717) is 18.7 Å². The van der Waals surface area contributed by atoms with Crippen LogP contribution in [0.4, 0.5) is 5.69 Å². The molecule has 1 aromatic heterocycles. The van der Waals surface area contributed by atoms with Gasteiger partial charge in [-0.15, -0.1) is 11.3 Å². The first kappa shape index (κ1) is 18.2. The zero-order valence-corrected chi connectivity index (χ0v) is 16.1. The van der Waals surface area contributed by atoms with Crippen LogP contribution in [0.25, 0.3) is 6.08 Å². The van der Waals surface area contributed by atoms with Crippen LogP contribution < -0.4 is 5.32 Å². The SMILES string of the molecule is O=C(/C=C/c1cccs1)Nc1ccc2c(c1)CN(C(=O)c1ccccc1)CC2. The van der Waals surface area contributed by atoms with Crippen molar-refractivity contribution >= 4 is 34.9 Å². The third kappa shape index (κ3) is 4.21. The monoisotopic (exact) mass is 388 g/mol. The van der Waals surface area contributed by atoms with Gasteiger partial charge in [0.25, 0.3) is 5.91 Å². The number of benzene rings is 2. The summed E-state index contributed by atoms with van der Waals surface area (Å²) in [6.07, 6.45) is 4.16. The fraction of sp³-hybridized carbons (Fsp3) is 0.130. The molecule has 2 aromatic carbocycles. The Kier molecular flexibility index (Phi) is 5.35. The summed E-state index contributed by atoms with van der Waals surface area (Å²) in [5.74, 6) is -0.124. The molecule has 0 saturated heterocycles. The van der Waals surface area contributed by atoms with E-state index in [1.807, 2.05) is 70.9 Å². The van der Waals surface area contributed by atoms with E-state index in [4.69, 9.17) is 0 Å². The van der Waals surface area contributed by atoms with Crippen LogP contribution in [0, 0.1) is 0 Å². The van der Waals surface area contributed by atoms with Crippen molar-refractivity contribution < 1.29 is 9.59 Å². The molecule has 28 heavy (non-hydrogen) atoms. The van der Waals surface area contributed by atoms with Crippen LogP contribution in [0.1, 0.15) is 26.4 Å². The van der Waals surface area contributed by atoms with Gasteiger partial charge in [-0.25, -0.2) is 0 Å². The number of hydrogen-bond acceptors (Lipinski definition) is 3. The van der Waals surface area contributed by atoms with Crippen molar-refractivity contribution in [3.8, 4) is 0 Å². The number of amides is 2. The largest absolute Gasteiger partial charge is 0.334 e. The molecular formula is C23H20N2O2S. The van der Waals surface area contributed by atoms with Gasteiger partial charge in [0.2, 0.25) is 5.91 Å². The predicted molar refractivity (Wildman–Crippen MR) is 113 cm³/mol. The van der Waals surface area contributed by atoms with Crippen LogP contribution in [0.3, 0.4) is 0 Å². The molecule has 1 N–H and O–H groups in total. The average molecular weight is 388 g/mol. The molecule has 0 spiro atoms. The molecule has 5 heteroatoms. The number of carbonyl (C=O) groups is 2. The summed E-state index contributed by atoms with van der Waals surface area (Å²) in [5, 5.41) is 4.88. The molecular weight excluding hydrogens is 368 g/mol. The first-order valence-electron chi connectivity index (χ1n) is 9.18. The highest BCUT2D eigenvalue weighted by Gasteiger charge is 2.22. The van der Waals surface area contributed by atoms with Crippen LogP contribution in [0.5, 0.6) is 0 Å². The molecule has 0 aliphatic carbocycles. The van der Waals surface area contributed by atoms with E-state index in [1.54, 1.807) is 17.4 Å². The average Bonchev–Trinajstić information content (AvgIpc) is 3.25. The van der Waals surface area contributed by atoms with Crippen LogP contribution >= 0.6 is 11.3 Å². The van der Waals surface area contributed by atoms with Gasteiger partial charge in [0.05, 0.1) is 0 Å². The maximum Gasteiger partial charge on any atom is 0.254 e. The molecule has 0 unspecified atom stereocenters. The summed E-state index contributed by atoms with van der Waals surface area (Å²) >= 11 is 1.59. The van der Waals surface area contributed by atoms with Gasteiger partial charge >= 0.3 is 0 Å². The van der Waals surface area contributed by atoms with Crippen LogP contribution in [-0.2, 0) is 17.8 Å². The lowest BCUT2D eigenvalue weighted by Gasteiger charge is -2.29. The van der Waals surface area contributed by atoms with Gasteiger partial charge in [0.15, 0.2) is 0 Å². The van der Waals surface area contributed by atoms with Gasteiger partial charge in [-0.05, 0) is 59.3 Å². The molecule has 140 valence electrons. The molecule has 0 radical (unpaired) electrons.